The van der Waals surface area contributed by atoms with Crippen molar-refractivity contribution in [2.24, 2.45) is 0 Å². The maximum atomic E-state index is 2.44. The van der Waals surface area contributed by atoms with Gasteiger partial charge in [-0.15, -0.1) is 0 Å². The van der Waals surface area contributed by atoms with E-state index >= 15 is 0 Å². The number of nitrogens with zero attached hydrogens (tertiary/aromatic N) is 2. The van der Waals surface area contributed by atoms with Gasteiger partial charge in [-0.25, -0.2) is 0 Å². The number of hydrogen-bond donors (Lipinski definition) is 0. The van der Waals surface area contributed by atoms with Crippen molar-refractivity contribution in [2.45, 2.75) is 13.8 Å². The lowest BCUT2D eigenvalue weighted by molar-refractivity contribution is 1.19. The van der Waals surface area contributed by atoms with E-state index in [-0.39, 0.29) is 0 Å². The van der Waals surface area contributed by atoms with E-state index in [1.807, 2.05) is 0 Å². The van der Waals surface area contributed by atoms with E-state index in [2.05, 4.69) is 205 Å². The Morgan fingerprint density at radius 2 is 0.926 bits per heavy atom. The number of aromatic nitrogens is 1. The van der Waals surface area contributed by atoms with Crippen molar-refractivity contribution in [3.8, 4) is 39.1 Å². The van der Waals surface area contributed by atoms with Gasteiger partial charge in [-0.2, -0.15) is 0 Å². The fraction of sp³-hybridized carbons (Fsp3) is 0.0385. The molecule has 254 valence electrons. The van der Waals surface area contributed by atoms with E-state index in [0.717, 1.165) is 5.69 Å². The Morgan fingerprint density at radius 1 is 0.370 bits per heavy atom. The summed E-state index contributed by atoms with van der Waals surface area (Å²) in [4.78, 5) is 2.44. The molecule has 2 nitrogen and oxygen atoms in total. The Balaban J connectivity index is 1.03. The third-order valence-electron chi connectivity index (χ3n) is 11.5. The molecule has 0 unspecified atom stereocenters. The van der Waals surface area contributed by atoms with Gasteiger partial charge in [0.05, 0.1) is 11.0 Å². The van der Waals surface area contributed by atoms with E-state index in [0.29, 0.717) is 0 Å². The largest absolute Gasteiger partial charge is 0.310 e. The van der Waals surface area contributed by atoms with Gasteiger partial charge >= 0.3 is 0 Å². The molecule has 11 rings (SSSR count). The van der Waals surface area contributed by atoms with Crippen LogP contribution >= 0.6 is 0 Å². The number of rotatable bonds is 5. The molecule has 0 atom stereocenters. The molecular formula is C52H36N2. The normalized spacial score (nSPS) is 11.9. The van der Waals surface area contributed by atoms with Gasteiger partial charge in [0.25, 0.3) is 0 Å². The second-order valence-electron chi connectivity index (χ2n) is 14.7. The van der Waals surface area contributed by atoms with E-state index in [9.17, 15) is 0 Å². The van der Waals surface area contributed by atoms with E-state index < -0.39 is 0 Å². The van der Waals surface area contributed by atoms with Crippen LogP contribution in [0.25, 0.3) is 82.4 Å². The molecule has 0 aliphatic heterocycles. The molecule has 0 fully saturated rings. The minimum Gasteiger partial charge on any atom is -0.310 e. The van der Waals surface area contributed by atoms with Gasteiger partial charge in [0, 0.05) is 33.5 Å². The summed E-state index contributed by atoms with van der Waals surface area (Å²) in [7, 11) is 0. The monoisotopic (exact) mass is 688 g/mol. The lowest BCUT2D eigenvalue weighted by atomic mass is 9.78. The Labute approximate surface area is 314 Å². The first kappa shape index (κ1) is 30.7. The number of aryl methyl sites for hydroxylation is 2. The lowest BCUT2D eigenvalue weighted by Crippen LogP contribution is -2.13. The van der Waals surface area contributed by atoms with Gasteiger partial charge in [-0.1, -0.05) is 109 Å². The zero-order valence-corrected chi connectivity index (χ0v) is 30.2. The van der Waals surface area contributed by atoms with Crippen LogP contribution in [0.3, 0.4) is 0 Å². The van der Waals surface area contributed by atoms with E-state index in [1.54, 1.807) is 0 Å². The molecule has 0 N–H and O–H groups in total. The Bertz CT molecular complexity index is 3080. The molecule has 0 spiro atoms. The van der Waals surface area contributed by atoms with Crippen molar-refractivity contribution in [1.82, 2.24) is 4.57 Å². The topological polar surface area (TPSA) is 8.17 Å². The van der Waals surface area contributed by atoms with Gasteiger partial charge in [0.15, 0.2) is 0 Å². The average molecular weight is 689 g/mol. The standard InChI is InChI=1S/C52H36N2/c1-33-12-6-9-17-49(33)53(52-32-38(21-20-34(52)2)35-13-4-3-5-14-35)41-24-22-36-28-45-46-29-37-23-25-42(27-40(37)31-48(46)47(45)30-39(36)26-41)54-50-18-10-7-15-43(50)44-16-8-11-19-51(44)54/h3-32H,1-2H3. The van der Waals surface area contributed by atoms with Gasteiger partial charge < -0.3 is 9.47 Å². The summed E-state index contributed by atoms with van der Waals surface area (Å²) in [5, 5.41) is 7.58. The Kier molecular flexibility index (Phi) is 6.72. The summed E-state index contributed by atoms with van der Waals surface area (Å²) < 4.78 is 2.41. The molecule has 9 aromatic carbocycles. The smallest absolute Gasteiger partial charge is 0.0541 e. The first-order valence-electron chi connectivity index (χ1n) is 18.8. The minimum absolute atomic E-state index is 1.15. The number of para-hydroxylation sites is 3. The maximum absolute atomic E-state index is 2.44. The number of hydrogen-bond acceptors (Lipinski definition) is 1. The first-order chi connectivity index (χ1) is 26.6. The second-order valence-corrected chi connectivity index (χ2v) is 14.7. The van der Waals surface area contributed by atoms with Crippen LogP contribution in [0.1, 0.15) is 11.1 Å². The highest BCUT2D eigenvalue weighted by Gasteiger charge is 2.25. The molecule has 0 saturated heterocycles. The summed E-state index contributed by atoms with van der Waals surface area (Å²) >= 11 is 0. The molecule has 0 radical (unpaired) electrons. The molecule has 0 saturated carbocycles. The molecular weight excluding hydrogens is 653 g/mol. The number of benzene rings is 9. The quantitative estimate of drug-likeness (QED) is 0.175. The number of anilines is 3. The molecule has 1 aliphatic rings. The van der Waals surface area contributed by atoms with E-state index in [4.69, 9.17) is 0 Å². The second kappa shape index (κ2) is 11.8. The highest BCUT2D eigenvalue weighted by molar-refractivity contribution is 6.13. The third-order valence-corrected chi connectivity index (χ3v) is 11.5. The van der Waals surface area contributed by atoms with Crippen LogP contribution in [0.2, 0.25) is 0 Å². The first-order valence-corrected chi connectivity index (χ1v) is 18.8. The molecule has 0 bridgehead atoms. The van der Waals surface area contributed by atoms with Crippen LogP contribution in [0.4, 0.5) is 17.1 Å². The molecule has 0 amide bonds. The SMILES string of the molecule is Cc1ccccc1N(c1ccc2cc3c(cc2c1)-c1cc2cc(-n4c5ccccc5c5ccccc54)ccc2cc1-3)c1cc(-c2ccccc2)ccc1C. The summed E-state index contributed by atoms with van der Waals surface area (Å²) in [5.74, 6) is 0. The average Bonchev–Trinajstić information content (AvgIpc) is 3.55. The summed E-state index contributed by atoms with van der Waals surface area (Å²) in [5.41, 5.74) is 17.4. The van der Waals surface area contributed by atoms with Gasteiger partial charge in [0.1, 0.15) is 0 Å². The highest BCUT2D eigenvalue weighted by Crippen LogP contribution is 2.51. The van der Waals surface area contributed by atoms with Gasteiger partial charge in [-0.05, 0) is 153 Å². The van der Waals surface area contributed by atoms with Crippen LogP contribution in [-0.2, 0) is 0 Å². The van der Waals surface area contributed by atoms with Crippen molar-refractivity contribution in [2.75, 3.05) is 4.90 Å². The minimum atomic E-state index is 1.15. The zero-order chi connectivity index (χ0) is 35.9. The van der Waals surface area contributed by atoms with Crippen LogP contribution in [0.5, 0.6) is 0 Å². The zero-order valence-electron chi connectivity index (χ0n) is 30.2. The lowest BCUT2D eigenvalue weighted by Gasteiger charge is -2.30. The van der Waals surface area contributed by atoms with Crippen molar-refractivity contribution in [1.29, 1.82) is 0 Å². The summed E-state index contributed by atoms with van der Waals surface area (Å²) in [6, 6.07) is 67.1. The van der Waals surface area contributed by atoms with Crippen LogP contribution in [0.15, 0.2) is 182 Å². The Hall–Kier alpha value is -6.90. The highest BCUT2D eigenvalue weighted by atomic mass is 15.1. The molecule has 1 heterocycles. The van der Waals surface area contributed by atoms with Crippen molar-refractivity contribution < 1.29 is 0 Å². The van der Waals surface area contributed by atoms with Gasteiger partial charge in [0.2, 0.25) is 0 Å². The molecule has 1 aromatic heterocycles. The van der Waals surface area contributed by atoms with Crippen molar-refractivity contribution in [3.05, 3.63) is 193 Å². The summed E-state index contributed by atoms with van der Waals surface area (Å²) in [6.07, 6.45) is 0. The molecule has 1 aliphatic carbocycles. The predicted molar refractivity (Wildman–Crippen MR) is 230 cm³/mol. The van der Waals surface area contributed by atoms with Gasteiger partial charge in [-0.3, -0.25) is 0 Å². The van der Waals surface area contributed by atoms with Crippen LogP contribution in [0, 0.1) is 13.8 Å². The van der Waals surface area contributed by atoms with Crippen LogP contribution in [-0.4, -0.2) is 4.57 Å². The van der Waals surface area contributed by atoms with Crippen molar-refractivity contribution in [3.63, 3.8) is 0 Å². The van der Waals surface area contributed by atoms with E-state index in [1.165, 1.54) is 105 Å². The molecule has 54 heavy (non-hydrogen) atoms. The molecule has 10 aromatic rings. The molecule has 2 heteroatoms. The van der Waals surface area contributed by atoms with Crippen LogP contribution < -0.4 is 4.90 Å². The fourth-order valence-electron chi connectivity index (χ4n) is 8.76. The predicted octanol–water partition coefficient (Wildman–Crippen LogP) is 14.5. The maximum Gasteiger partial charge on any atom is 0.0541 e. The summed E-state index contributed by atoms with van der Waals surface area (Å²) in [6.45, 7) is 4.42. The fourth-order valence-corrected chi connectivity index (χ4v) is 8.76. The number of fused-ring (bicyclic) bond motifs is 9. The van der Waals surface area contributed by atoms with Crippen molar-refractivity contribution >= 4 is 60.4 Å². The third kappa shape index (κ3) is 4.67. The Morgan fingerprint density at radius 3 is 1.61 bits per heavy atom.